The van der Waals surface area contributed by atoms with E-state index in [9.17, 15) is 0 Å². The van der Waals surface area contributed by atoms with E-state index in [4.69, 9.17) is 0 Å². The van der Waals surface area contributed by atoms with Crippen molar-refractivity contribution in [1.29, 1.82) is 0 Å². The lowest BCUT2D eigenvalue weighted by atomic mass is 9.84. The molecule has 1 aliphatic rings. The van der Waals surface area contributed by atoms with Crippen molar-refractivity contribution in [3.8, 4) is 0 Å². The normalized spacial score (nSPS) is 19.3. The van der Waals surface area contributed by atoms with Crippen molar-refractivity contribution >= 4 is 11.8 Å². The Balaban J connectivity index is 1.94. The van der Waals surface area contributed by atoms with E-state index in [-0.39, 0.29) is 0 Å². The summed E-state index contributed by atoms with van der Waals surface area (Å²) in [6, 6.07) is 7.26. The van der Waals surface area contributed by atoms with E-state index in [0.29, 0.717) is 10.8 Å². The van der Waals surface area contributed by atoms with E-state index < -0.39 is 0 Å². The predicted octanol–water partition coefficient (Wildman–Crippen LogP) is 4.24. The number of nitrogens with one attached hydrogen (secondary N) is 1. The number of rotatable bonds is 5. The lowest BCUT2D eigenvalue weighted by molar-refractivity contribution is 0.334. The Labute approximate surface area is 116 Å². The van der Waals surface area contributed by atoms with Crippen LogP contribution in [0.3, 0.4) is 0 Å². The first-order valence-electron chi connectivity index (χ1n) is 6.92. The highest BCUT2D eigenvalue weighted by molar-refractivity contribution is 8.00. The Morgan fingerprint density at radius 1 is 1.28 bits per heavy atom. The molecule has 0 bridgehead atoms. The van der Waals surface area contributed by atoms with Crippen LogP contribution >= 0.6 is 11.8 Å². The molecule has 0 radical (unpaired) electrons. The average molecular weight is 263 g/mol. The van der Waals surface area contributed by atoms with Gasteiger partial charge in [0, 0.05) is 17.3 Å². The number of hydrogen-bond donors (Lipinski definition) is 1. The molecule has 2 rings (SSSR count). The molecule has 1 nitrogen and oxygen atoms in total. The van der Waals surface area contributed by atoms with Crippen molar-refractivity contribution in [3.63, 3.8) is 0 Å². The van der Waals surface area contributed by atoms with Crippen LogP contribution < -0.4 is 5.32 Å². The number of hydrogen-bond acceptors (Lipinski definition) is 2. The molecule has 1 N–H and O–H groups in total. The fourth-order valence-electron chi connectivity index (χ4n) is 2.52. The van der Waals surface area contributed by atoms with Crippen LogP contribution in [0.25, 0.3) is 0 Å². The maximum atomic E-state index is 3.72. The molecule has 1 fully saturated rings. The summed E-state index contributed by atoms with van der Waals surface area (Å²) in [5.74, 6) is 0. The van der Waals surface area contributed by atoms with Crippen LogP contribution in [0.4, 0.5) is 0 Å². The number of benzene rings is 1. The number of aryl methyl sites for hydroxylation is 2. The van der Waals surface area contributed by atoms with Gasteiger partial charge in [-0.05, 0) is 56.6 Å². The summed E-state index contributed by atoms with van der Waals surface area (Å²) in [7, 11) is 0. The molecule has 1 saturated carbocycles. The van der Waals surface area contributed by atoms with E-state index >= 15 is 0 Å². The molecule has 0 aromatic heterocycles. The van der Waals surface area contributed by atoms with Gasteiger partial charge in [-0.25, -0.2) is 0 Å². The van der Waals surface area contributed by atoms with Gasteiger partial charge in [0.25, 0.3) is 0 Å². The predicted molar refractivity (Wildman–Crippen MR) is 82.4 cm³/mol. The summed E-state index contributed by atoms with van der Waals surface area (Å²) in [6.07, 6.45) is 6.41. The molecule has 1 atom stereocenters. The van der Waals surface area contributed by atoms with Gasteiger partial charge in [0.2, 0.25) is 0 Å². The van der Waals surface area contributed by atoms with Gasteiger partial charge >= 0.3 is 0 Å². The lowest BCUT2D eigenvalue weighted by Crippen LogP contribution is -2.44. The van der Waals surface area contributed by atoms with Gasteiger partial charge in [0.15, 0.2) is 0 Å². The minimum Gasteiger partial charge on any atom is -0.309 e. The number of thioether (sulfide) groups is 1. The van der Waals surface area contributed by atoms with E-state index in [1.165, 1.54) is 36.0 Å². The minimum absolute atomic E-state index is 0.453. The van der Waals surface area contributed by atoms with Crippen molar-refractivity contribution in [3.05, 3.63) is 34.9 Å². The van der Waals surface area contributed by atoms with E-state index in [0.717, 1.165) is 6.54 Å². The third-order valence-corrected chi connectivity index (χ3v) is 5.88. The first-order chi connectivity index (χ1) is 8.56. The summed E-state index contributed by atoms with van der Waals surface area (Å²) >= 11 is 2.04. The van der Waals surface area contributed by atoms with Crippen molar-refractivity contribution < 1.29 is 0 Å². The van der Waals surface area contributed by atoms with Crippen molar-refractivity contribution in [1.82, 2.24) is 5.32 Å². The minimum atomic E-state index is 0.453. The molecule has 0 aliphatic heterocycles. The van der Waals surface area contributed by atoms with Gasteiger partial charge in [0.1, 0.15) is 0 Å². The fraction of sp³-hybridized carbons (Fsp3) is 0.625. The molecule has 1 aliphatic carbocycles. The zero-order valence-electron chi connectivity index (χ0n) is 12.0. The second-order valence-electron chi connectivity index (χ2n) is 5.69. The van der Waals surface area contributed by atoms with Gasteiger partial charge in [-0.15, -0.1) is 0 Å². The summed E-state index contributed by atoms with van der Waals surface area (Å²) in [5.41, 5.74) is 4.18. The largest absolute Gasteiger partial charge is 0.309 e. The lowest BCUT2D eigenvalue weighted by Gasteiger charge is -2.41. The molecule has 100 valence electrons. The molecular formula is C16H25NS. The standard InChI is InChI=1S/C16H25NS/c1-12-6-7-15(10-13(12)2)14(3)17-11-16(18-4)8-5-9-16/h6-7,10,14,17H,5,8-9,11H2,1-4H3. The quantitative estimate of drug-likeness (QED) is 0.853. The molecule has 0 spiro atoms. The first kappa shape index (κ1) is 14.0. The van der Waals surface area contributed by atoms with E-state index in [2.05, 4.69) is 50.5 Å². The Bertz CT molecular complexity index is 404. The topological polar surface area (TPSA) is 12.0 Å². The van der Waals surface area contributed by atoms with Gasteiger partial charge in [0.05, 0.1) is 0 Å². The summed E-state index contributed by atoms with van der Waals surface area (Å²) in [4.78, 5) is 0. The van der Waals surface area contributed by atoms with Crippen LogP contribution in [0.1, 0.15) is 48.9 Å². The molecule has 1 aromatic carbocycles. The first-order valence-corrected chi connectivity index (χ1v) is 8.14. The smallest absolute Gasteiger partial charge is 0.0292 e. The second kappa shape index (κ2) is 5.66. The molecule has 2 heteroatoms. The monoisotopic (exact) mass is 263 g/mol. The highest BCUT2D eigenvalue weighted by atomic mass is 32.2. The Morgan fingerprint density at radius 3 is 2.50 bits per heavy atom. The van der Waals surface area contributed by atoms with E-state index in [1.807, 2.05) is 11.8 Å². The Kier molecular flexibility index (Phi) is 4.39. The average Bonchev–Trinajstić information content (AvgIpc) is 2.31. The van der Waals surface area contributed by atoms with Crippen LogP contribution in [0.2, 0.25) is 0 Å². The van der Waals surface area contributed by atoms with Crippen LogP contribution in [-0.2, 0) is 0 Å². The second-order valence-corrected chi connectivity index (χ2v) is 6.96. The Morgan fingerprint density at radius 2 is 2.00 bits per heavy atom. The molecule has 1 aromatic rings. The highest BCUT2D eigenvalue weighted by Gasteiger charge is 2.35. The molecule has 18 heavy (non-hydrogen) atoms. The Hall–Kier alpha value is -0.470. The van der Waals surface area contributed by atoms with Crippen LogP contribution in [0, 0.1) is 13.8 Å². The zero-order valence-corrected chi connectivity index (χ0v) is 12.9. The summed E-state index contributed by atoms with van der Waals surface area (Å²) in [5, 5.41) is 3.72. The van der Waals surface area contributed by atoms with E-state index in [1.54, 1.807) is 0 Å². The molecular weight excluding hydrogens is 238 g/mol. The van der Waals surface area contributed by atoms with Gasteiger partial charge in [-0.1, -0.05) is 24.6 Å². The summed E-state index contributed by atoms with van der Waals surface area (Å²) < 4.78 is 0.522. The van der Waals surface area contributed by atoms with Crippen LogP contribution in [0.15, 0.2) is 18.2 Å². The van der Waals surface area contributed by atoms with Gasteiger partial charge in [-0.2, -0.15) is 11.8 Å². The van der Waals surface area contributed by atoms with Crippen molar-refractivity contribution in [2.24, 2.45) is 0 Å². The third-order valence-electron chi connectivity index (χ3n) is 4.46. The van der Waals surface area contributed by atoms with Crippen molar-refractivity contribution in [2.75, 3.05) is 12.8 Å². The van der Waals surface area contributed by atoms with Crippen molar-refractivity contribution in [2.45, 2.75) is 50.8 Å². The van der Waals surface area contributed by atoms with Crippen LogP contribution in [0.5, 0.6) is 0 Å². The third kappa shape index (κ3) is 2.92. The fourth-order valence-corrected chi connectivity index (χ4v) is 3.44. The van der Waals surface area contributed by atoms with Gasteiger partial charge < -0.3 is 5.32 Å². The molecule has 1 unspecified atom stereocenters. The maximum Gasteiger partial charge on any atom is 0.0292 e. The molecule has 0 heterocycles. The molecule has 0 amide bonds. The van der Waals surface area contributed by atoms with Gasteiger partial charge in [-0.3, -0.25) is 0 Å². The summed E-state index contributed by atoms with van der Waals surface area (Å²) in [6.45, 7) is 7.79. The SMILES string of the molecule is CSC1(CNC(C)c2ccc(C)c(C)c2)CCC1. The van der Waals surface area contributed by atoms with Crippen LogP contribution in [-0.4, -0.2) is 17.5 Å². The molecule has 0 saturated heterocycles. The highest BCUT2D eigenvalue weighted by Crippen LogP contribution is 2.42. The maximum absolute atomic E-state index is 3.72. The zero-order chi connectivity index (χ0) is 13.2.